The van der Waals surface area contributed by atoms with Crippen LogP contribution in [0.2, 0.25) is 5.02 Å². The quantitative estimate of drug-likeness (QED) is 0.529. The molecule has 0 aliphatic heterocycles. The van der Waals surface area contributed by atoms with Crippen LogP contribution in [-0.4, -0.2) is 32.8 Å². The van der Waals surface area contributed by atoms with Crippen LogP contribution in [-0.2, 0) is 14.8 Å². The van der Waals surface area contributed by atoms with Crippen molar-refractivity contribution in [3.05, 3.63) is 89.4 Å². The fourth-order valence-corrected chi connectivity index (χ4v) is 4.62. The Labute approximate surface area is 187 Å². The predicted molar refractivity (Wildman–Crippen MR) is 122 cm³/mol. The second-order valence-electron chi connectivity index (χ2n) is 6.88. The number of carbonyl (C=O) groups excluding carboxylic acids is 1. The van der Waals surface area contributed by atoms with Gasteiger partial charge in [-0.2, -0.15) is 4.31 Å². The van der Waals surface area contributed by atoms with Crippen molar-refractivity contribution in [2.75, 3.05) is 19.5 Å². The first kappa shape index (κ1) is 22.8. The van der Waals surface area contributed by atoms with E-state index in [9.17, 15) is 13.2 Å². The number of nitrogens with zero attached hydrogens (tertiary/aromatic N) is 1. The number of ether oxygens (including phenoxy) is 1. The van der Waals surface area contributed by atoms with E-state index in [0.717, 1.165) is 0 Å². The number of amides is 1. The molecule has 8 heteroatoms. The van der Waals surface area contributed by atoms with E-state index in [1.807, 2.05) is 0 Å². The Morgan fingerprint density at radius 2 is 1.61 bits per heavy atom. The number of hydrogen-bond acceptors (Lipinski definition) is 4. The first-order valence-corrected chi connectivity index (χ1v) is 11.4. The van der Waals surface area contributed by atoms with E-state index in [4.69, 9.17) is 16.3 Å². The smallest absolute Gasteiger partial charge is 0.243 e. The molecule has 0 aliphatic carbocycles. The standard InChI is InChI=1S/C23H23ClN2O4S/c1-26(31(28,29)21-6-4-3-5-7-21)22(17-8-14-20(30-2)15-9-17)16-23(27)25-19-12-10-18(24)11-13-19/h3-15,22H,16H2,1-2H3,(H,25,27)/t22-/m1/s1. The number of methoxy groups -OCH3 is 1. The summed E-state index contributed by atoms with van der Waals surface area (Å²) in [6.45, 7) is 0. The van der Waals surface area contributed by atoms with E-state index in [2.05, 4.69) is 5.32 Å². The van der Waals surface area contributed by atoms with Gasteiger partial charge in [0.25, 0.3) is 0 Å². The maximum absolute atomic E-state index is 13.2. The van der Waals surface area contributed by atoms with Gasteiger partial charge < -0.3 is 10.1 Å². The number of rotatable bonds is 8. The molecule has 3 rings (SSSR count). The molecular weight excluding hydrogens is 436 g/mol. The van der Waals surface area contributed by atoms with Crippen LogP contribution in [0.15, 0.2) is 83.8 Å². The van der Waals surface area contributed by atoms with Crippen LogP contribution < -0.4 is 10.1 Å². The first-order valence-electron chi connectivity index (χ1n) is 9.53. The largest absolute Gasteiger partial charge is 0.497 e. The summed E-state index contributed by atoms with van der Waals surface area (Å²) in [5.74, 6) is 0.319. The summed E-state index contributed by atoms with van der Waals surface area (Å²) >= 11 is 5.89. The Balaban J connectivity index is 1.90. The van der Waals surface area contributed by atoms with Crippen LogP contribution in [0.5, 0.6) is 5.75 Å². The van der Waals surface area contributed by atoms with E-state index in [1.54, 1.807) is 73.8 Å². The monoisotopic (exact) mass is 458 g/mol. The summed E-state index contributed by atoms with van der Waals surface area (Å²) < 4.78 is 32.8. The summed E-state index contributed by atoms with van der Waals surface area (Å²) in [4.78, 5) is 12.9. The Morgan fingerprint density at radius 1 is 1.00 bits per heavy atom. The zero-order valence-electron chi connectivity index (χ0n) is 17.2. The van der Waals surface area contributed by atoms with Crippen molar-refractivity contribution < 1.29 is 17.9 Å². The minimum atomic E-state index is -3.82. The van der Waals surface area contributed by atoms with Crippen molar-refractivity contribution in [3.8, 4) is 5.75 Å². The molecule has 0 heterocycles. The van der Waals surface area contributed by atoms with Crippen LogP contribution in [0.25, 0.3) is 0 Å². The van der Waals surface area contributed by atoms with Crippen LogP contribution in [0.3, 0.4) is 0 Å². The summed E-state index contributed by atoms with van der Waals surface area (Å²) in [5.41, 5.74) is 1.26. The third-order valence-corrected chi connectivity index (χ3v) is 7.00. The van der Waals surface area contributed by atoms with Crippen molar-refractivity contribution in [3.63, 3.8) is 0 Å². The van der Waals surface area contributed by atoms with Gasteiger partial charge >= 0.3 is 0 Å². The lowest BCUT2D eigenvalue weighted by Crippen LogP contribution is -2.33. The highest BCUT2D eigenvalue weighted by Gasteiger charge is 2.30. The molecule has 0 aromatic heterocycles. The molecule has 1 amide bonds. The van der Waals surface area contributed by atoms with Gasteiger partial charge in [-0.25, -0.2) is 8.42 Å². The van der Waals surface area contributed by atoms with Gasteiger partial charge in [-0.1, -0.05) is 41.9 Å². The minimum Gasteiger partial charge on any atom is -0.497 e. The summed E-state index contributed by atoms with van der Waals surface area (Å²) in [6.07, 6.45) is -0.0719. The van der Waals surface area contributed by atoms with Gasteiger partial charge in [-0.3, -0.25) is 4.79 Å². The second kappa shape index (κ2) is 9.96. The molecule has 3 aromatic rings. The fourth-order valence-electron chi connectivity index (χ4n) is 3.13. The van der Waals surface area contributed by atoms with E-state index in [-0.39, 0.29) is 17.2 Å². The van der Waals surface area contributed by atoms with Gasteiger partial charge in [0, 0.05) is 24.2 Å². The summed E-state index contributed by atoms with van der Waals surface area (Å²) in [5, 5.41) is 3.35. The zero-order chi connectivity index (χ0) is 22.4. The van der Waals surface area contributed by atoms with Crippen molar-refractivity contribution in [1.29, 1.82) is 0 Å². The predicted octanol–water partition coefficient (Wildman–Crippen LogP) is 4.74. The molecule has 0 radical (unpaired) electrons. The van der Waals surface area contributed by atoms with Crippen LogP contribution in [0.1, 0.15) is 18.0 Å². The van der Waals surface area contributed by atoms with Gasteiger partial charge in [0.15, 0.2) is 0 Å². The highest BCUT2D eigenvalue weighted by molar-refractivity contribution is 7.89. The SMILES string of the molecule is COc1ccc([C@@H](CC(=O)Nc2ccc(Cl)cc2)N(C)S(=O)(=O)c2ccccc2)cc1. The number of halogens is 1. The molecule has 6 nitrogen and oxygen atoms in total. The van der Waals surface area contributed by atoms with Gasteiger partial charge in [-0.15, -0.1) is 0 Å². The molecular formula is C23H23ClN2O4S. The average Bonchev–Trinajstić information content (AvgIpc) is 2.79. The summed E-state index contributed by atoms with van der Waals surface area (Å²) in [7, 11) is -0.789. The molecule has 1 N–H and O–H groups in total. The lowest BCUT2D eigenvalue weighted by molar-refractivity contribution is -0.117. The first-order chi connectivity index (χ1) is 14.8. The summed E-state index contributed by atoms with van der Waals surface area (Å²) in [6, 6.07) is 21.1. The number of nitrogens with one attached hydrogen (secondary N) is 1. The average molecular weight is 459 g/mol. The molecule has 31 heavy (non-hydrogen) atoms. The maximum Gasteiger partial charge on any atom is 0.243 e. The number of sulfonamides is 1. The maximum atomic E-state index is 13.2. The van der Waals surface area contributed by atoms with E-state index < -0.39 is 16.1 Å². The molecule has 162 valence electrons. The normalized spacial score (nSPS) is 12.4. The molecule has 0 aliphatic rings. The third kappa shape index (κ3) is 5.64. The Hall–Kier alpha value is -2.87. The van der Waals surface area contributed by atoms with Crippen LogP contribution in [0, 0.1) is 0 Å². The second-order valence-corrected chi connectivity index (χ2v) is 9.32. The van der Waals surface area contributed by atoms with Crippen molar-refractivity contribution >= 4 is 33.2 Å². The number of anilines is 1. The lowest BCUT2D eigenvalue weighted by Gasteiger charge is -2.28. The molecule has 0 unspecified atom stereocenters. The molecule has 0 spiro atoms. The molecule has 0 fully saturated rings. The number of carbonyl (C=O) groups is 1. The highest BCUT2D eigenvalue weighted by atomic mass is 35.5. The third-order valence-electron chi connectivity index (χ3n) is 4.87. The minimum absolute atomic E-state index is 0.0719. The Morgan fingerprint density at radius 3 is 2.19 bits per heavy atom. The van der Waals surface area contributed by atoms with Gasteiger partial charge in [-0.05, 0) is 54.1 Å². The van der Waals surface area contributed by atoms with Gasteiger partial charge in [0.05, 0.1) is 18.0 Å². The number of benzene rings is 3. The molecule has 0 saturated heterocycles. The number of hydrogen-bond donors (Lipinski definition) is 1. The van der Waals surface area contributed by atoms with Gasteiger partial charge in [0.1, 0.15) is 5.75 Å². The topological polar surface area (TPSA) is 75.7 Å². The Kier molecular flexibility index (Phi) is 7.33. The Bertz CT molecular complexity index is 1120. The van der Waals surface area contributed by atoms with Gasteiger partial charge in [0.2, 0.25) is 15.9 Å². The lowest BCUT2D eigenvalue weighted by atomic mass is 10.0. The fraction of sp³-hybridized carbons (Fsp3) is 0.174. The van der Waals surface area contributed by atoms with Crippen molar-refractivity contribution in [1.82, 2.24) is 4.31 Å². The van der Waals surface area contributed by atoms with Crippen molar-refractivity contribution in [2.24, 2.45) is 0 Å². The van der Waals surface area contributed by atoms with Crippen LogP contribution >= 0.6 is 11.6 Å². The van der Waals surface area contributed by atoms with Crippen LogP contribution in [0.4, 0.5) is 5.69 Å². The van der Waals surface area contributed by atoms with E-state index >= 15 is 0 Å². The van der Waals surface area contributed by atoms with Crippen molar-refractivity contribution in [2.45, 2.75) is 17.4 Å². The highest BCUT2D eigenvalue weighted by Crippen LogP contribution is 2.30. The van der Waals surface area contributed by atoms with E-state index in [0.29, 0.717) is 22.0 Å². The molecule has 0 bridgehead atoms. The zero-order valence-corrected chi connectivity index (χ0v) is 18.7. The molecule has 0 saturated carbocycles. The molecule has 1 atom stereocenters. The van der Waals surface area contributed by atoms with E-state index in [1.165, 1.54) is 23.5 Å². The molecule has 3 aromatic carbocycles.